The number of anilines is 2. The Morgan fingerprint density at radius 1 is 1.14 bits per heavy atom. The van der Waals surface area contributed by atoms with Crippen molar-refractivity contribution in [1.82, 2.24) is 0 Å². The molecule has 0 atom stereocenters. The minimum Gasteiger partial charge on any atom is -0.494 e. The number of carbonyl (C=O) groups is 1. The zero-order valence-electron chi connectivity index (χ0n) is 16.1. The highest BCUT2D eigenvalue weighted by molar-refractivity contribution is 7.90. The highest BCUT2D eigenvalue weighted by Gasteiger charge is 2.29. The molecular weight excluding hydrogens is 378 g/mol. The van der Waals surface area contributed by atoms with Gasteiger partial charge in [0.25, 0.3) is 15.9 Å². The number of amides is 1. The molecule has 1 aliphatic heterocycles. The van der Waals surface area contributed by atoms with Crippen LogP contribution in [0, 0.1) is 0 Å². The third kappa shape index (κ3) is 4.01. The molecular formula is C20H23N3O4S. The largest absolute Gasteiger partial charge is 0.494 e. The van der Waals surface area contributed by atoms with Gasteiger partial charge in [0.05, 0.1) is 12.3 Å². The molecule has 0 fully saturated rings. The minimum atomic E-state index is -3.83. The zero-order valence-corrected chi connectivity index (χ0v) is 16.9. The van der Waals surface area contributed by atoms with Crippen LogP contribution >= 0.6 is 0 Å². The van der Waals surface area contributed by atoms with Gasteiger partial charge in [0.15, 0.2) is 0 Å². The Morgan fingerprint density at radius 2 is 1.86 bits per heavy atom. The van der Waals surface area contributed by atoms with E-state index in [-0.39, 0.29) is 10.5 Å². The lowest BCUT2D eigenvalue weighted by molar-refractivity contribution is 0.102. The van der Waals surface area contributed by atoms with E-state index in [0.29, 0.717) is 36.1 Å². The van der Waals surface area contributed by atoms with Crippen LogP contribution in [0.1, 0.15) is 37.6 Å². The molecule has 28 heavy (non-hydrogen) atoms. The first-order valence-electron chi connectivity index (χ1n) is 9.13. The maximum Gasteiger partial charge on any atom is 0.286 e. The van der Waals surface area contributed by atoms with Crippen molar-refractivity contribution in [3.05, 3.63) is 48.0 Å². The first-order valence-corrected chi connectivity index (χ1v) is 10.6. The lowest BCUT2D eigenvalue weighted by atomic mass is 10.1. The van der Waals surface area contributed by atoms with Crippen LogP contribution in [0.2, 0.25) is 0 Å². The lowest BCUT2D eigenvalue weighted by Crippen LogP contribution is -2.34. The molecule has 1 N–H and O–H groups in total. The number of carbonyl (C=O) groups excluding carboxylic acids is 1. The van der Waals surface area contributed by atoms with Crippen molar-refractivity contribution in [2.75, 3.05) is 23.4 Å². The van der Waals surface area contributed by atoms with Gasteiger partial charge in [-0.1, -0.05) is 6.92 Å². The molecule has 0 saturated heterocycles. The average molecular weight is 401 g/mol. The van der Waals surface area contributed by atoms with Gasteiger partial charge in [-0.15, -0.1) is 4.40 Å². The topological polar surface area (TPSA) is 88.1 Å². The number of amidine groups is 1. The van der Waals surface area contributed by atoms with Gasteiger partial charge in [-0.25, -0.2) is 0 Å². The molecule has 3 rings (SSSR count). The fourth-order valence-electron chi connectivity index (χ4n) is 3.04. The maximum atomic E-state index is 12.6. The van der Waals surface area contributed by atoms with Crippen LogP contribution in [-0.2, 0) is 10.0 Å². The van der Waals surface area contributed by atoms with Crippen LogP contribution in [0.5, 0.6) is 5.75 Å². The fourth-order valence-corrected chi connectivity index (χ4v) is 4.31. The number of rotatable bonds is 6. The van der Waals surface area contributed by atoms with Crippen molar-refractivity contribution in [2.24, 2.45) is 4.40 Å². The summed E-state index contributed by atoms with van der Waals surface area (Å²) in [4.78, 5) is 14.5. The van der Waals surface area contributed by atoms with Gasteiger partial charge in [0, 0.05) is 17.8 Å². The monoisotopic (exact) mass is 401 g/mol. The molecule has 7 nitrogen and oxygen atoms in total. The fraction of sp³-hybridized carbons (Fsp3) is 0.300. The van der Waals surface area contributed by atoms with Crippen LogP contribution in [-0.4, -0.2) is 33.3 Å². The Bertz CT molecular complexity index is 1010. The Hall–Kier alpha value is -2.87. The van der Waals surface area contributed by atoms with Crippen molar-refractivity contribution >= 4 is 33.1 Å². The van der Waals surface area contributed by atoms with E-state index in [1.54, 1.807) is 43.3 Å². The third-order valence-electron chi connectivity index (χ3n) is 4.30. The summed E-state index contributed by atoms with van der Waals surface area (Å²) in [7, 11) is -3.83. The van der Waals surface area contributed by atoms with E-state index in [1.165, 1.54) is 6.07 Å². The van der Waals surface area contributed by atoms with E-state index >= 15 is 0 Å². The summed E-state index contributed by atoms with van der Waals surface area (Å²) in [5.74, 6) is 0.751. The molecule has 0 bridgehead atoms. The van der Waals surface area contributed by atoms with Gasteiger partial charge in [0.1, 0.15) is 16.5 Å². The number of hydrogen-bond acceptors (Lipinski definition) is 5. The Morgan fingerprint density at radius 3 is 2.50 bits per heavy atom. The normalized spacial score (nSPS) is 14.8. The molecule has 148 valence electrons. The summed E-state index contributed by atoms with van der Waals surface area (Å²) in [6, 6.07) is 11.6. The van der Waals surface area contributed by atoms with Crippen LogP contribution in [0.4, 0.5) is 11.4 Å². The van der Waals surface area contributed by atoms with Crippen molar-refractivity contribution in [1.29, 1.82) is 0 Å². The molecule has 0 saturated carbocycles. The minimum absolute atomic E-state index is 0.0471. The van der Waals surface area contributed by atoms with Crippen molar-refractivity contribution in [3.63, 3.8) is 0 Å². The third-order valence-corrected chi connectivity index (χ3v) is 5.69. The molecule has 8 heteroatoms. The van der Waals surface area contributed by atoms with Crippen LogP contribution in [0.15, 0.2) is 51.8 Å². The number of benzene rings is 2. The molecule has 2 aromatic rings. The van der Waals surface area contributed by atoms with E-state index < -0.39 is 15.9 Å². The number of ether oxygens (including phenoxy) is 1. The molecule has 2 aromatic carbocycles. The molecule has 0 unspecified atom stereocenters. The number of hydrogen-bond donors (Lipinski definition) is 1. The summed E-state index contributed by atoms with van der Waals surface area (Å²) in [6.07, 6.45) is 0.840. The Kier molecular flexibility index (Phi) is 5.69. The van der Waals surface area contributed by atoms with E-state index in [2.05, 4.69) is 9.71 Å². The molecule has 1 aliphatic rings. The summed E-state index contributed by atoms with van der Waals surface area (Å²) in [5, 5.41) is 2.77. The second-order valence-electron chi connectivity index (χ2n) is 6.36. The van der Waals surface area contributed by atoms with Gasteiger partial charge in [-0.05, 0) is 62.7 Å². The summed E-state index contributed by atoms with van der Waals surface area (Å²) >= 11 is 0. The molecule has 0 aliphatic carbocycles. The lowest BCUT2D eigenvalue weighted by Gasteiger charge is -2.29. The second kappa shape index (κ2) is 8.02. The van der Waals surface area contributed by atoms with Gasteiger partial charge in [-0.2, -0.15) is 8.42 Å². The second-order valence-corrected chi connectivity index (χ2v) is 7.93. The van der Waals surface area contributed by atoms with E-state index in [9.17, 15) is 13.2 Å². The van der Waals surface area contributed by atoms with Crippen molar-refractivity contribution in [2.45, 2.75) is 32.1 Å². The van der Waals surface area contributed by atoms with Crippen LogP contribution < -0.4 is 15.0 Å². The quantitative estimate of drug-likeness (QED) is 0.798. The summed E-state index contributed by atoms with van der Waals surface area (Å²) in [6.45, 7) is 6.78. The highest BCUT2D eigenvalue weighted by atomic mass is 32.2. The zero-order chi connectivity index (χ0) is 20.3. The Balaban J connectivity index is 1.88. The van der Waals surface area contributed by atoms with Gasteiger partial charge in [-0.3, -0.25) is 4.79 Å². The van der Waals surface area contributed by atoms with Gasteiger partial charge in [0.2, 0.25) is 0 Å². The van der Waals surface area contributed by atoms with E-state index in [4.69, 9.17) is 4.74 Å². The van der Waals surface area contributed by atoms with E-state index in [1.807, 2.05) is 18.7 Å². The molecule has 0 spiro atoms. The van der Waals surface area contributed by atoms with Crippen molar-refractivity contribution in [3.8, 4) is 5.75 Å². The standard InChI is InChI=1S/C20H23N3O4S/c1-4-12-23-14(3)22-28(25,26)19-13-15(6-11-18(19)23)20(24)21-16-7-9-17(10-8-16)27-5-2/h6-11,13H,4-5,12H2,1-3H3,(H,21,24). The Labute approximate surface area is 165 Å². The number of nitrogens with zero attached hydrogens (tertiary/aromatic N) is 2. The predicted octanol–water partition coefficient (Wildman–Crippen LogP) is 3.67. The predicted molar refractivity (Wildman–Crippen MR) is 110 cm³/mol. The molecule has 1 amide bonds. The maximum absolute atomic E-state index is 12.6. The molecule has 0 aromatic heterocycles. The average Bonchev–Trinajstić information content (AvgIpc) is 2.66. The SMILES string of the molecule is CCCN1C(C)=NS(=O)(=O)c2cc(C(=O)Nc3ccc(OCC)cc3)ccc21. The van der Waals surface area contributed by atoms with Crippen LogP contribution in [0.25, 0.3) is 0 Å². The smallest absolute Gasteiger partial charge is 0.286 e. The highest BCUT2D eigenvalue weighted by Crippen LogP contribution is 2.32. The van der Waals surface area contributed by atoms with Crippen molar-refractivity contribution < 1.29 is 17.9 Å². The molecule has 0 radical (unpaired) electrons. The number of sulfonamides is 1. The van der Waals surface area contributed by atoms with Gasteiger partial charge < -0.3 is 15.0 Å². The van der Waals surface area contributed by atoms with Gasteiger partial charge >= 0.3 is 0 Å². The number of fused-ring (bicyclic) bond motifs is 1. The summed E-state index contributed by atoms with van der Waals surface area (Å²) < 4.78 is 34.2. The molecule has 1 heterocycles. The first-order chi connectivity index (χ1) is 13.4. The van der Waals surface area contributed by atoms with E-state index in [0.717, 1.165) is 6.42 Å². The van der Waals surface area contributed by atoms with Crippen LogP contribution in [0.3, 0.4) is 0 Å². The summed E-state index contributed by atoms with van der Waals surface area (Å²) in [5.41, 5.74) is 1.39. The first kappa shape index (κ1) is 19.9. The number of nitrogens with one attached hydrogen (secondary N) is 1.